The maximum Gasteiger partial charge on any atom is 0.321 e. The zero-order valence-electron chi connectivity index (χ0n) is 21.7. The molecule has 1 saturated carbocycles. The van der Waals surface area contributed by atoms with Gasteiger partial charge in [0.1, 0.15) is 0 Å². The minimum Gasteiger partial charge on any atom is -0.349 e. The van der Waals surface area contributed by atoms with Crippen LogP contribution in [-0.2, 0) is 17.8 Å². The van der Waals surface area contributed by atoms with Crippen molar-refractivity contribution < 1.29 is 19.2 Å². The second-order valence-corrected chi connectivity index (χ2v) is 11.2. The minimum absolute atomic E-state index is 0.00977. The molecule has 4 rings (SSSR count). The van der Waals surface area contributed by atoms with Gasteiger partial charge in [0, 0.05) is 50.0 Å². The van der Waals surface area contributed by atoms with Crippen molar-refractivity contribution in [3.8, 4) is 0 Å². The van der Waals surface area contributed by atoms with E-state index in [1.807, 2.05) is 14.0 Å². The quantitative estimate of drug-likeness (QED) is 0.547. The predicted molar refractivity (Wildman–Crippen MR) is 140 cm³/mol. The first-order chi connectivity index (χ1) is 17.6. The van der Waals surface area contributed by atoms with E-state index in [1.165, 1.54) is 11.3 Å². The normalized spacial score (nSPS) is 21.5. The summed E-state index contributed by atoms with van der Waals surface area (Å²) in [6.45, 7) is 3.58. The second kappa shape index (κ2) is 11.4. The van der Waals surface area contributed by atoms with Crippen LogP contribution in [0.1, 0.15) is 55.6 Å². The summed E-state index contributed by atoms with van der Waals surface area (Å²) in [6.07, 6.45) is 2.24. The lowest BCUT2D eigenvalue weighted by Crippen LogP contribution is -2.57. The van der Waals surface area contributed by atoms with Crippen LogP contribution in [0.15, 0.2) is 24.3 Å². The number of amides is 5. The molecule has 0 spiro atoms. The van der Waals surface area contributed by atoms with Crippen molar-refractivity contribution >= 4 is 35.1 Å². The molecular weight excluding hydrogens is 492 g/mol. The van der Waals surface area contributed by atoms with Gasteiger partial charge in [0.2, 0.25) is 5.91 Å². The van der Waals surface area contributed by atoms with E-state index in [0.717, 1.165) is 35.6 Å². The summed E-state index contributed by atoms with van der Waals surface area (Å²) >= 11 is 1.39. The van der Waals surface area contributed by atoms with Gasteiger partial charge in [-0.25, -0.2) is 9.78 Å². The molecule has 2 aliphatic rings. The first kappa shape index (κ1) is 26.7. The van der Waals surface area contributed by atoms with E-state index in [4.69, 9.17) is 0 Å². The zero-order valence-corrected chi connectivity index (χ0v) is 22.5. The molecule has 1 fully saturated rings. The van der Waals surface area contributed by atoms with E-state index < -0.39 is 24.0 Å². The van der Waals surface area contributed by atoms with E-state index >= 15 is 0 Å². The number of carbonyl (C=O) groups excluding carboxylic acids is 4. The number of benzene rings is 1. The molecule has 3 N–H and O–H groups in total. The highest BCUT2D eigenvalue weighted by atomic mass is 32.1. The number of imide groups is 1. The highest BCUT2D eigenvalue weighted by Gasteiger charge is 2.37. The fraction of sp³-hybridized carbons (Fsp3) is 0.500. The second-order valence-electron chi connectivity index (χ2n) is 10.1. The van der Waals surface area contributed by atoms with Gasteiger partial charge in [0.25, 0.3) is 11.8 Å². The van der Waals surface area contributed by atoms with Crippen molar-refractivity contribution in [3.63, 3.8) is 0 Å². The number of nitrogens with one attached hydrogen (secondary N) is 3. The number of hydrogen-bond donors (Lipinski definition) is 3. The molecule has 1 aliphatic heterocycles. The van der Waals surface area contributed by atoms with Crippen LogP contribution in [-0.4, -0.2) is 78.3 Å². The number of rotatable bonds is 5. The van der Waals surface area contributed by atoms with Crippen molar-refractivity contribution in [2.45, 2.75) is 51.2 Å². The third-order valence-corrected chi connectivity index (χ3v) is 8.01. The smallest absolute Gasteiger partial charge is 0.321 e. The van der Waals surface area contributed by atoms with Crippen molar-refractivity contribution in [2.24, 2.45) is 5.92 Å². The Morgan fingerprint density at radius 1 is 1.03 bits per heavy atom. The number of aromatic nitrogens is 1. The lowest BCUT2D eigenvalue weighted by Gasteiger charge is -2.37. The van der Waals surface area contributed by atoms with Crippen LogP contribution in [0.4, 0.5) is 4.79 Å². The van der Waals surface area contributed by atoms with Crippen LogP contribution in [0.25, 0.3) is 0 Å². The molecule has 10 nitrogen and oxygen atoms in total. The van der Waals surface area contributed by atoms with Crippen LogP contribution >= 0.6 is 11.3 Å². The molecule has 5 amide bonds. The Morgan fingerprint density at radius 2 is 1.76 bits per heavy atom. The van der Waals surface area contributed by atoms with Gasteiger partial charge in [-0.15, -0.1) is 11.3 Å². The van der Waals surface area contributed by atoms with Crippen LogP contribution in [0.3, 0.4) is 0 Å². The molecule has 0 radical (unpaired) electrons. The largest absolute Gasteiger partial charge is 0.349 e. The fourth-order valence-corrected chi connectivity index (χ4v) is 5.92. The number of aryl methyl sites for hydroxylation is 1. The number of likely N-dealkylation sites (N-methyl/N-ethyl adjacent to an activating group) is 1. The molecule has 1 aromatic heterocycles. The van der Waals surface area contributed by atoms with Crippen molar-refractivity contribution in [1.82, 2.24) is 30.7 Å². The molecule has 2 heterocycles. The van der Waals surface area contributed by atoms with E-state index in [9.17, 15) is 19.2 Å². The number of hydrogen-bond acceptors (Lipinski definition) is 7. The number of fused-ring (bicyclic) bond motifs is 1. The molecule has 1 aliphatic carbocycles. The Morgan fingerprint density at radius 3 is 2.46 bits per heavy atom. The monoisotopic (exact) mass is 526 g/mol. The van der Waals surface area contributed by atoms with E-state index in [0.29, 0.717) is 29.8 Å². The molecule has 198 valence electrons. The summed E-state index contributed by atoms with van der Waals surface area (Å²) in [5.41, 5.74) is 2.35. The molecule has 0 saturated heterocycles. The number of urea groups is 1. The average molecular weight is 527 g/mol. The molecular formula is C26H34N6O4S. The number of carbonyl (C=O) groups is 4. The van der Waals surface area contributed by atoms with Gasteiger partial charge in [-0.3, -0.25) is 19.7 Å². The number of thiazole rings is 1. The summed E-state index contributed by atoms with van der Waals surface area (Å²) in [7, 11) is 5.46. The first-order valence-electron chi connectivity index (χ1n) is 12.5. The lowest BCUT2D eigenvalue weighted by molar-refractivity contribution is -0.134. The third-order valence-electron chi connectivity index (χ3n) is 6.93. The average Bonchev–Trinajstić information content (AvgIpc) is 3.28. The Labute approximate surface area is 220 Å². The Balaban J connectivity index is 1.45. The number of nitrogens with zero attached hydrogens (tertiary/aromatic N) is 3. The third kappa shape index (κ3) is 6.53. The van der Waals surface area contributed by atoms with Gasteiger partial charge in [-0.2, -0.15) is 0 Å². The highest BCUT2D eigenvalue weighted by Crippen LogP contribution is 2.28. The van der Waals surface area contributed by atoms with Crippen LogP contribution in [0, 0.1) is 12.8 Å². The van der Waals surface area contributed by atoms with Gasteiger partial charge >= 0.3 is 6.03 Å². The van der Waals surface area contributed by atoms with Crippen molar-refractivity contribution in [2.75, 3.05) is 27.7 Å². The summed E-state index contributed by atoms with van der Waals surface area (Å²) in [4.78, 5) is 60.4. The lowest BCUT2D eigenvalue weighted by atomic mass is 9.81. The predicted octanol–water partition coefficient (Wildman–Crippen LogP) is 1.93. The van der Waals surface area contributed by atoms with Crippen LogP contribution in [0.5, 0.6) is 0 Å². The van der Waals surface area contributed by atoms with Gasteiger partial charge in [0.05, 0.1) is 17.8 Å². The molecule has 3 atom stereocenters. The summed E-state index contributed by atoms with van der Waals surface area (Å²) in [5.74, 6) is -1.10. The van der Waals surface area contributed by atoms with E-state index in [2.05, 4.69) is 25.8 Å². The van der Waals surface area contributed by atoms with Crippen molar-refractivity contribution in [1.29, 1.82) is 0 Å². The molecule has 0 bridgehead atoms. The van der Waals surface area contributed by atoms with Gasteiger partial charge < -0.3 is 20.4 Å². The van der Waals surface area contributed by atoms with E-state index in [-0.39, 0.29) is 17.7 Å². The van der Waals surface area contributed by atoms with E-state index in [1.54, 1.807) is 43.3 Å². The fourth-order valence-electron chi connectivity index (χ4n) is 4.83. The minimum atomic E-state index is -0.639. The van der Waals surface area contributed by atoms with Crippen molar-refractivity contribution in [3.05, 3.63) is 51.0 Å². The molecule has 37 heavy (non-hydrogen) atoms. The van der Waals surface area contributed by atoms with Crippen LogP contribution < -0.4 is 16.0 Å². The topological polar surface area (TPSA) is 124 Å². The zero-order chi connectivity index (χ0) is 26.7. The summed E-state index contributed by atoms with van der Waals surface area (Å²) < 4.78 is 0. The Hall–Kier alpha value is -3.31. The van der Waals surface area contributed by atoms with Crippen LogP contribution in [0.2, 0.25) is 0 Å². The Kier molecular flexibility index (Phi) is 8.23. The Bertz CT molecular complexity index is 1180. The highest BCUT2D eigenvalue weighted by molar-refractivity contribution is 7.13. The SMILES string of the molecule is Cc1ccc(C(=O)NC(=O)N[C@H]2CCC(C(=O)N(C)C)C[C@H]2NC(=O)c2nc3c(s2)CN(C)CC3)cc1. The summed E-state index contributed by atoms with van der Waals surface area (Å²) in [6, 6.07) is 5.35. The standard InChI is InChI=1S/C26H34N6O4S/c1-15-5-7-16(8-6-15)22(33)30-26(36)29-18-10-9-17(25(35)31(2)3)13-20(18)27-23(34)24-28-19-11-12-32(4)14-21(19)37-24/h5-8,17-18,20H,9-14H2,1-4H3,(H,27,34)(H2,29,30,33,36)/t17?,18-,20+/m0/s1. The molecule has 2 aromatic rings. The van der Waals surface area contributed by atoms with Gasteiger partial charge in [-0.05, 0) is 45.4 Å². The van der Waals surface area contributed by atoms with Gasteiger partial charge in [-0.1, -0.05) is 17.7 Å². The maximum absolute atomic E-state index is 13.2. The molecule has 1 unspecified atom stereocenters. The maximum atomic E-state index is 13.2. The molecule has 1 aromatic carbocycles. The molecule has 11 heteroatoms. The first-order valence-corrected chi connectivity index (χ1v) is 13.3. The summed E-state index contributed by atoms with van der Waals surface area (Å²) in [5, 5.41) is 8.62. The van der Waals surface area contributed by atoms with Gasteiger partial charge in [0.15, 0.2) is 5.01 Å².